The lowest BCUT2D eigenvalue weighted by atomic mass is 10.1. The van der Waals surface area contributed by atoms with Gasteiger partial charge in [-0.05, 0) is 27.2 Å². The van der Waals surface area contributed by atoms with Crippen molar-refractivity contribution in [3.8, 4) is 0 Å². The highest BCUT2D eigenvalue weighted by Crippen LogP contribution is 2.09. The highest BCUT2D eigenvalue weighted by molar-refractivity contribution is 5.91. The molecule has 0 aliphatic rings. The van der Waals surface area contributed by atoms with Gasteiger partial charge in [-0.15, -0.1) is 0 Å². The van der Waals surface area contributed by atoms with E-state index < -0.39 is 48.2 Å². The fourth-order valence-corrected chi connectivity index (χ4v) is 2.43. The first-order valence-corrected chi connectivity index (χ1v) is 9.77. The van der Waals surface area contributed by atoms with Crippen molar-refractivity contribution in [2.75, 3.05) is 34.4 Å². The zero-order valence-corrected chi connectivity index (χ0v) is 18.9. The summed E-state index contributed by atoms with van der Waals surface area (Å²) < 4.78 is 10.1. The SMILES string of the molecule is CCC[C@H](NC(=O)OC(C)(C)C)C(O)C(=O)NCC(=O)N[C@@H](COC)C(=O)N(C)C. The highest BCUT2D eigenvalue weighted by Gasteiger charge is 2.29. The minimum atomic E-state index is -1.58. The molecule has 0 rings (SSSR count). The number of carbonyl (C=O) groups is 4. The first-order valence-electron chi connectivity index (χ1n) is 9.77. The number of alkyl carbamates (subject to hydrolysis) is 1. The number of hydrogen-bond acceptors (Lipinski definition) is 7. The summed E-state index contributed by atoms with van der Waals surface area (Å²) in [6, 6.07) is -1.79. The van der Waals surface area contributed by atoms with Gasteiger partial charge in [-0.2, -0.15) is 0 Å². The zero-order valence-electron chi connectivity index (χ0n) is 18.9. The second-order valence-corrected chi connectivity index (χ2v) is 8.01. The number of carbonyl (C=O) groups excluding carboxylic acids is 4. The molecule has 0 aliphatic heterocycles. The standard InChI is InChI=1S/C19H36N4O7/c1-8-9-12(22-18(28)30-19(2,3)4)15(25)16(26)20-10-14(24)21-13(11-29-7)17(27)23(5)6/h12-13,15,25H,8-11H2,1-7H3,(H,20,26)(H,21,24)(H,22,28)/t12-,13-,15?/m0/s1. The van der Waals surface area contributed by atoms with E-state index >= 15 is 0 Å². The van der Waals surface area contributed by atoms with E-state index in [0.717, 1.165) is 0 Å². The van der Waals surface area contributed by atoms with E-state index in [1.165, 1.54) is 12.0 Å². The molecule has 11 heteroatoms. The number of aliphatic hydroxyl groups excluding tert-OH is 1. The summed E-state index contributed by atoms with van der Waals surface area (Å²) in [5.74, 6) is -1.82. The number of nitrogens with zero attached hydrogens (tertiary/aromatic N) is 1. The van der Waals surface area contributed by atoms with Crippen molar-refractivity contribution >= 4 is 23.8 Å². The lowest BCUT2D eigenvalue weighted by Crippen LogP contribution is -2.54. The average Bonchev–Trinajstić information content (AvgIpc) is 2.62. The van der Waals surface area contributed by atoms with Crippen molar-refractivity contribution in [3.63, 3.8) is 0 Å². The zero-order chi connectivity index (χ0) is 23.5. The van der Waals surface area contributed by atoms with Crippen LogP contribution in [0.2, 0.25) is 0 Å². The Morgan fingerprint density at radius 1 is 1.10 bits per heavy atom. The molecule has 0 heterocycles. The molecule has 0 aromatic heterocycles. The fourth-order valence-electron chi connectivity index (χ4n) is 2.43. The largest absolute Gasteiger partial charge is 0.444 e. The van der Waals surface area contributed by atoms with Crippen LogP contribution in [0.5, 0.6) is 0 Å². The third-order valence-electron chi connectivity index (χ3n) is 3.78. The van der Waals surface area contributed by atoms with Crippen LogP contribution in [0.4, 0.5) is 4.79 Å². The topological polar surface area (TPSA) is 146 Å². The number of methoxy groups -OCH3 is 1. The van der Waals surface area contributed by atoms with E-state index in [1.54, 1.807) is 34.9 Å². The van der Waals surface area contributed by atoms with E-state index in [2.05, 4.69) is 16.0 Å². The Morgan fingerprint density at radius 2 is 1.70 bits per heavy atom. The van der Waals surface area contributed by atoms with Crippen molar-refractivity contribution in [2.45, 2.75) is 64.3 Å². The molecule has 0 aliphatic carbocycles. The van der Waals surface area contributed by atoms with Crippen molar-refractivity contribution in [1.29, 1.82) is 0 Å². The summed E-state index contributed by atoms with van der Waals surface area (Å²) in [6.45, 7) is 6.43. The quantitative estimate of drug-likeness (QED) is 0.340. The van der Waals surface area contributed by atoms with E-state index in [1.807, 2.05) is 6.92 Å². The molecule has 4 amide bonds. The number of likely N-dealkylation sites (N-methyl/N-ethyl adjacent to an activating group) is 1. The van der Waals surface area contributed by atoms with Crippen LogP contribution >= 0.6 is 0 Å². The Labute approximate surface area is 177 Å². The Balaban J connectivity index is 4.81. The molecule has 0 saturated heterocycles. The van der Waals surface area contributed by atoms with Gasteiger partial charge in [0.15, 0.2) is 6.10 Å². The first-order chi connectivity index (χ1) is 13.8. The summed E-state index contributed by atoms with van der Waals surface area (Å²) in [5, 5.41) is 17.5. The maximum Gasteiger partial charge on any atom is 0.407 e. The first kappa shape index (κ1) is 27.6. The molecule has 174 valence electrons. The van der Waals surface area contributed by atoms with Crippen LogP contribution in [0, 0.1) is 0 Å². The van der Waals surface area contributed by atoms with Crippen molar-refractivity contribution in [2.24, 2.45) is 0 Å². The van der Waals surface area contributed by atoms with Crippen LogP contribution < -0.4 is 16.0 Å². The van der Waals surface area contributed by atoms with Gasteiger partial charge in [0.25, 0.3) is 5.91 Å². The summed E-state index contributed by atoms with van der Waals surface area (Å²) in [5.41, 5.74) is -0.727. The van der Waals surface area contributed by atoms with Crippen LogP contribution in [-0.4, -0.2) is 92.0 Å². The third kappa shape index (κ3) is 11.0. The monoisotopic (exact) mass is 432 g/mol. The van der Waals surface area contributed by atoms with Crippen LogP contribution in [0.25, 0.3) is 0 Å². The average molecular weight is 433 g/mol. The smallest absolute Gasteiger partial charge is 0.407 e. The Kier molecular flexibility index (Phi) is 12.0. The molecule has 0 spiro atoms. The highest BCUT2D eigenvalue weighted by atomic mass is 16.6. The number of amides is 4. The van der Waals surface area contributed by atoms with Crippen molar-refractivity contribution in [3.05, 3.63) is 0 Å². The maximum atomic E-state index is 12.3. The van der Waals surface area contributed by atoms with Gasteiger partial charge in [0, 0.05) is 21.2 Å². The Hall–Kier alpha value is -2.40. The summed E-state index contributed by atoms with van der Waals surface area (Å²) in [4.78, 5) is 49.6. The van der Waals surface area contributed by atoms with E-state index in [9.17, 15) is 24.3 Å². The molecule has 4 N–H and O–H groups in total. The Bertz CT molecular complexity index is 590. The number of ether oxygens (including phenoxy) is 2. The van der Waals surface area contributed by atoms with Gasteiger partial charge in [0.2, 0.25) is 11.8 Å². The molecule has 3 atom stereocenters. The number of rotatable bonds is 11. The molecular weight excluding hydrogens is 396 g/mol. The molecule has 0 bridgehead atoms. The van der Waals surface area contributed by atoms with E-state index in [4.69, 9.17) is 9.47 Å². The summed E-state index contributed by atoms with van der Waals surface area (Å²) in [7, 11) is 4.48. The minimum absolute atomic E-state index is 0.0301. The molecule has 11 nitrogen and oxygen atoms in total. The van der Waals surface area contributed by atoms with Crippen molar-refractivity contribution in [1.82, 2.24) is 20.9 Å². The van der Waals surface area contributed by atoms with Gasteiger partial charge in [-0.3, -0.25) is 14.4 Å². The van der Waals surface area contributed by atoms with Crippen LogP contribution in [-0.2, 0) is 23.9 Å². The second kappa shape index (κ2) is 13.0. The van der Waals surface area contributed by atoms with Crippen LogP contribution in [0.1, 0.15) is 40.5 Å². The van der Waals surface area contributed by atoms with E-state index in [0.29, 0.717) is 12.8 Å². The molecule has 0 radical (unpaired) electrons. The molecule has 0 fully saturated rings. The predicted molar refractivity (Wildman–Crippen MR) is 110 cm³/mol. The van der Waals surface area contributed by atoms with Crippen LogP contribution in [0.3, 0.4) is 0 Å². The normalized spacial score (nSPS) is 14.1. The van der Waals surface area contributed by atoms with Gasteiger partial charge >= 0.3 is 6.09 Å². The Morgan fingerprint density at radius 3 is 2.17 bits per heavy atom. The number of aliphatic hydroxyl groups is 1. The lowest BCUT2D eigenvalue weighted by molar-refractivity contribution is -0.136. The summed E-state index contributed by atoms with van der Waals surface area (Å²) in [6.07, 6.45) is -1.41. The molecule has 1 unspecified atom stereocenters. The van der Waals surface area contributed by atoms with Gasteiger partial charge < -0.3 is 35.4 Å². The van der Waals surface area contributed by atoms with Gasteiger partial charge in [0.1, 0.15) is 11.6 Å². The third-order valence-corrected chi connectivity index (χ3v) is 3.78. The number of hydrogen-bond donors (Lipinski definition) is 4. The van der Waals surface area contributed by atoms with Gasteiger partial charge in [0.05, 0.1) is 19.2 Å². The summed E-state index contributed by atoms with van der Waals surface area (Å²) >= 11 is 0. The molecular formula is C19H36N4O7. The molecule has 0 saturated carbocycles. The predicted octanol–water partition coefficient (Wildman–Crippen LogP) is -0.624. The number of nitrogens with one attached hydrogen (secondary N) is 3. The van der Waals surface area contributed by atoms with Crippen LogP contribution in [0.15, 0.2) is 0 Å². The lowest BCUT2D eigenvalue weighted by Gasteiger charge is -2.26. The molecule has 0 aromatic carbocycles. The molecule has 0 aromatic rings. The maximum absolute atomic E-state index is 12.3. The van der Waals surface area contributed by atoms with Gasteiger partial charge in [-0.1, -0.05) is 13.3 Å². The minimum Gasteiger partial charge on any atom is -0.444 e. The molecule has 30 heavy (non-hydrogen) atoms. The van der Waals surface area contributed by atoms with Gasteiger partial charge in [-0.25, -0.2) is 4.79 Å². The van der Waals surface area contributed by atoms with E-state index in [-0.39, 0.29) is 12.5 Å². The van der Waals surface area contributed by atoms with Crippen molar-refractivity contribution < 1.29 is 33.8 Å². The fraction of sp³-hybridized carbons (Fsp3) is 0.789. The second-order valence-electron chi connectivity index (χ2n) is 8.01.